The van der Waals surface area contributed by atoms with Gasteiger partial charge in [-0.3, -0.25) is 5.10 Å². The second-order valence-electron chi connectivity index (χ2n) is 6.13. The summed E-state index contributed by atoms with van der Waals surface area (Å²) in [6, 6.07) is 18.5. The topological polar surface area (TPSA) is 95.1 Å². The van der Waals surface area contributed by atoms with Crippen LogP contribution < -0.4 is 15.4 Å². The van der Waals surface area contributed by atoms with E-state index in [2.05, 4.69) is 50.1 Å². The first-order valence-corrected chi connectivity index (χ1v) is 9.06. The fourth-order valence-corrected chi connectivity index (χ4v) is 2.60. The maximum atomic E-state index is 8.94. The van der Waals surface area contributed by atoms with Crippen molar-refractivity contribution in [1.82, 2.24) is 20.5 Å². The third kappa shape index (κ3) is 6.40. The van der Waals surface area contributed by atoms with Crippen molar-refractivity contribution in [2.75, 3.05) is 18.5 Å². The van der Waals surface area contributed by atoms with Crippen LogP contribution in [-0.2, 0) is 19.7 Å². The zero-order chi connectivity index (χ0) is 18.7. The van der Waals surface area contributed by atoms with Gasteiger partial charge in [-0.1, -0.05) is 42.5 Å². The predicted octanol–water partition coefficient (Wildman–Crippen LogP) is 2.47. The number of hydrogen-bond donors (Lipinski definition) is 4. The van der Waals surface area contributed by atoms with Crippen molar-refractivity contribution in [3.63, 3.8) is 0 Å². The van der Waals surface area contributed by atoms with E-state index in [9.17, 15) is 0 Å². The van der Waals surface area contributed by atoms with Crippen LogP contribution in [0.15, 0.2) is 54.6 Å². The first-order chi connectivity index (χ1) is 13.3. The van der Waals surface area contributed by atoms with Crippen LogP contribution in [0, 0.1) is 0 Å². The minimum atomic E-state index is -0.145. The normalized spacial score (nSPS) is 10.7. The molecule has 0 unspecified atom stereocenters. The minimum absolute atomic E-state index is 0.145. The van der Waals surface area contributed by atoms with Gasteiger partial charge in [-0.15, -0.1) is 5.10 Å². The van der Waals surface area contributed by atoms with Gasteiger partial charge in [0.25, 0.3) is 0 Å². The van der Waals surface area contributed by atoms with Crippen LogP contribution in [0.1, 0.15) is 23.4 Å². The molecule has 2 aromatic carbocycles. The zero-order valence-corrected chi connectivity index (χ0v) is 15.2. The van der Waals surface area contributed by atoms with E-state index in [0.29, 0.717) is 24.9 Å². The summed E-state index contributed by atoms with van der Waals surface area (Å²) in [7, 11) is 0. The molecule has 0 aliphatic heterocycles. The molecule has 142 valence electrons. The Morgan fingerprint density at radius 1 is 1.00 bits per heavy atom. The summed E-state index contributed by atoms with van der Waals surface area (Å²) in [5.41, 5.74) is 2.47. The van der Waals surface area contributed by atoms with E-state index in [-0.39, 0.29) is 6.61 Å². The van der Waals surface area contributed by atoms with Gasteiger partial charge in [0.15, 0.2) is 5.82 Å². The Morgan fingerprint density at radius 2 is 1.81 bits per heavy atom. The molecule has 0 saturated heterocycles. The molecule has 1 heterocycles. The Morgan fingerprint density at radius 3 is 2.63 bits per heavy atom. The molecule has 0 aliphatic rings. The molecule has 0 amide bonds. The van der Waals surface area contributed by atoms with Crippen molar-refractivity contribution in [2.45, 2.75) is 26.1 Å². The van der Waals surface area contributed by atoms with E-state index in [1.54, 1.807) is 0 Å². The maximum Gasteiger partial charge on any atom is 0.242 e. The third-order valence-corrected chi connectivity index (χ3v) is 3.95. The SMILES string of the molecule is OCc1nc(NCCCOc2cccc(CNCc3ccccc3)c2)n[nH]1. The van der Waals surface area contributed by atoms with Crippen LogP contribution in [-0.4, -0.2) is 33.4 Å². The van der Waals surface area contributed by atoms with Crippen molar-refractivity contribution < 1.29 is 9.84 Å². The largest absolute Gasteiger partial charge is 0.494 e. The Hall–Kier alpha value is -2.90. The molecule has 3 rings (SSSR count). The van der Waals surface area contributed by atoms with E-state index < -0.39 is 0 Å². The molecular formula is C20H25N5O2. The molecule has 7 heteroatoms. The summed E-state index contributed by atoms with van der Waals surface area (Å²) in [5.74, 6) is 1.81. The standard InChI is InChI=1S/C20H25N5O2/c26-15-19-23-20(25-24-19)22-10-5-11-27-18-9-4-8-17(12-18)14-21-13-16-6-2-1-3-7-16/h1-4,6-9,12,21,26H,5,10-11,13-15H2,(H2,22,23,24,25). The van der Waals surface area contributed by atoms with E-state index in [4.69, 9.17) is 9.84 Å². The Kier molecular flexibility index (Phi) is 7.20. The van der Waals surface area contributed by atoms with Gasteiger partial charge in [0.05, 0.1) is 6.61 Å². The van der Waals surface area contributed by atoms with E-state index >= 15 is 0 Å². The summed E-state index contributed by atoms with van der Waals surface area (Å²) in [6.45, 7) is 2.79. The third-order valence-electron chi connectivity index (χ3n) is 3.95. The van der Waals surface area contributed by atoms with Crippen molar-refractivity contribution in [2.24, 2.45) is 0 Å². The highest BCUT2D eigenvalue weighted by Crippen LogP contribution is 2.14. The van der Waals surface area contributed by atoms with Gasteiger partial charge < -0.3 is 20.5 Å². The number of benzene rings is 2. The van der Waals surface area contributed by atoms with Crippen LogP contribution in [0.4, 0.5) is 5.95 Å². The number of nitrogens with one attached hydrogen (secondary N) is 3. The van der Waals surface area contributed by atoms with Gasteiger partial charge in [-0.05, 0) is 29.7 Å². The second kappa shape index (κ2) is 10.3. The predicted molar refractivity (Wildman–Crippen MR) is 104 cm³/mol. The number of aliphatic hydroxyl groups excluding tert-OH is 1. The molecule has 3 aromatic rings. The lowest BCUT2D eigenvalue weighted by Crippen LogP contribution is -2.12. The molecule has 4 N–H and O–H groups in total. The second-order valence-corrected chi connectivity index (χ2v) is 6.13. The first kappa shape index (κ1) is 18.9. The fourth-order valence-electron chi connectivity index (χ4n) is 2.60. The summed E-state index contributed by atoms with van der Waals surface area (Å²) in [5, 5.41) is 22.1. The molecule has 0 bridgehead atoms. The fraction of sp³-hybridized carbons (Fsp3) is 0.300. The molecule has 0 saturated carbocycles. The lowest BCUT2D eigenvalue weighted by molar-refractivity contribution is 0.272. The summed E-state index contributed by atoms with van der Waals surface area (Å²) in [6.07, 6.45) is 0.819. The number of nitrogens with zero attached hydrogens (tertiary/aromatic N) is 2. The van der Waals surface area contributed by atoms with Crippen LogP contribution >= 0.6 is 0 Å². The average molecular weight is 367 g/mol. The number of rotatable bonds is 11. The van der Waals surface area contributed by atoms with Crippen LogP contribution in [0.25, 0.3) is 0 Å². The van der Waals surface area contributed by atoms with Gasteiger partial charge in [0.1, 0.15) is 12.4 Å². The number of anilines is 1. The quantitative estimate of drug-likeness (QED) is 0.389. The number of aromatic nitrogens is 3. The Labute approximate surface area is 158 Å². The number of aliphatic hydroxyl groups is 1. The Bertz CT molecular complexity index is 807. The maximum absolute atomic E-state index is 8.94. The lowest BCUT2D eigenvalue weighted by atomic mass is 10.2. The highest BCUT2D eigenvalue weighted by atomic mass is 16.5. The molecule has 0 fully saturated rings. The zero-order valence-electron chi connectivity index (χ0n) is 15.2. The highest BCUT2D eigenvalue weighted by Gasteiger charge is 2.01. The van der Waals surface area contributed by atoms with Crippen molar-refractivity contribution in [1.29, 1.82) is 0 Å². The molecule has 0 radical (unpaired) electrons. The summed E-state index contributed by atoms with van der Waals surface area (Å²) >= 11 is 0. The van der Waals surface area contributed by atoms with E-state index in [1.807, 2.05) is 30.3 Å². The number of H-pyrrole nitrogens is 1. The minimum Gasteiger partial charge on any atom is -0.494 e. The summed E-state index contributed by atoms with van der Waals surface area (Å²) < 4.78 is 5.82. The molecule has 1 aromatic heterocycles. The van der Waals surface area contributed by atoms with Crippen molar-refractivity contribution in [3.05, 3.63) is 71.5 Å². The van der Waals surface area contributed by atoms with Gasteiger partial charge in [0.2, 0.25) is 5.95 Å². The van der Waals surface area contributed by atoms with E-state index in [0.717, 1.165) is 25.3 Å². The summed E-state index contributed by atoms with van der Waals surface area (Å²) in [4.78, 5) is 4.07. The molecule has 27 heavy (non-hydrogen) atoms. The van der Waals surface area contributed by atoms with Gasteiger partial charge in [0, 0.05) is 19.6 Å². The molecule has 0 spiro atoms. The van der Waals surface area contributed by atoms with Crippen molar-refractivity contribution in [3.8, 4) is 5.75 Å². The van der Waals surface area contributed by atoms with Gasteiger partial charge in [-0.2, -0.15) is 4.98 Å². The van der Waals surface area contributed by atoms with Gasteiger partial charge >= 0.3 is 0 Å². The molecular weight excluding hydrogens is 342 g/mol. The molecule has 7 nitrogen and oxygen atoms in total. The number of ether oxygens (including phenoxy) is 1. The monoisotopic (exact) mass is 367 g/mol. The van der Waals surface area contributed by atoms with Crippen LogP contribution in [0.5, 0.6) is 5.75 Å². The number of hydrogen-bond acceptors (Lipinski definition) is 6. The Balaban J connectivity index is 1.34. The van der Waals surface area contributed by atoms with Crippen molar-refractivity contribution >= 4 is 5.95 Å². The first-order valence-electron chi connectivity index (χ1n) is 9.06. The average Bonchev–Trinajstić information content (AvgIpc) is 3.17. The number of aromatic amines is 1. The van der Waals surface area contributed by atoms with Gasteiger partial charge in [-0.25, -0.2) is 0 Å². The smallest absolute Gasteiger partial charge is 0.242 e. The van der Waals surface area contributed by atoms with Crippen LogP contribution in [0.2, 0.25) is 0 Å². The van der Waals surface area contributed by atoms with Crippen LogP contribution in [0.3, 0.4) is 0 Å². The lowest BCUT2D eigenvalue weighted by Gasteiger charge is -2.09. The molecule has 0 atom stereocenters. The highest BCUT2D eigenvalue weighted by molar-refractivity contribution is 5.28. The molecule has 0 aliphatic carbocycles. The van der Waals surface area contributed by atoms with E-state index in [1.165, 1.54) is 11.1 Å².